The first kappa shape index (κ1) is 28.1. The third-order valence-electron chi connectivity index (χ3n) is 4.74. The Morgan fingerprint density at radius 3 is 2.55 bits per heavy atom. The summed E-state index contributed by atoms with van der Waals surface area (Å²) in [5.41, 5.74) is -0.138. The summed E-state index contributed by atoms with van der Waals surface area (Å²) >= 11 is 0. The van der Waals surface area contributed by atoms with Crippen LogP contribution in [0, 0.1) is 0 Å². The van der Waals surface area contributed by atoms with E-state index in [1.54, 1.807) is 6.92 Å². The number of hydrogen-bond acceptors (Lipinski definition) is 6. The number of nitrogens with one attached hydrogen (secondary N) is 2. The molecule has 2 rings (SSSR count). The first-order valence-corrected chi connectivity index (χ1v) is 12.4. The van der Waals surface area contributed by atoms with Crippen LogP contribution in [0.4, 0.5) is 0 Å². The molecule has 0 spiro atoms. The number of benzene rings is 1. The van der Waals surface area contributed by atoms with E-state index in [-0.39, 0.29) is 42.0 Å². The Morgan fingerprint density at radius 2 is 1.90 bits per heavy atom. The fraction of sp³-hybridized carbons (Fsp3) is 0.667. The van der Waals surface area contributed by atoms with Gasteiger partial charge in [-0.05, 0) is 25.8 Å². The average Bonchev–Trinajstić information content (AvgIpc) is 2.70. The van der Waals surface area contributed by atoms with Crippen molar-refractivity contribution in [2.24, 2.45) is 4.99 Å². The van der Waals surface area contributed by atoms with Crippen LogP contribution in [0.3, 0.4) is 0 Å². The van der Waals surface area contributed by atoms with Gasteiger partial charge in [-0.15, -0.1) is 24.0 Å². The monoisotopic (exact) mass is 568 g/mol. The predicted octanol–water partition coefficient (Wildman–Crippen LogP) is 1.25. The highest BCUT2D eigenvalue weighted by Crippen LogP contribution is 2.09. The van der Waals surface area contributed by atoms with Gasteiger partial charge >= 0.3 is 0 Å². The normalized spacial score (nSPS) is 17.5. The second kappa shape index (κ2) is 14.2. The lowest BCUT2D eigenvalue weighted by Crippen LogP contribution is -2.48. The Bertz CT molecular complexity index is 754. The molecular formula is C21H37IN4O4S. The summed E-state index contributed by atoms with van der Waals surface area (Å²) in [6, 6.07) is 9.22. The highest BCUT2D eigenvalue weighted by atomic mass is 127. The van der Waals surface area contributed by atoms with E-state index in [1.807, 2.05) is 37.3 Å². The maximum absolute atomic E-state index is 12.3. The molecule has 0 bridgehead atoms. The number of morpholine rings is 1. The van der Waals surface area contributed by atoms with Gasteiger partial charge < -0.3 is 20.5 Å². The lowest BCUT2D eigenvalue weighted by Gasteiger charge is -2.33. The molecule has 0 saturated carbocycles. The summed E-state index contributed by atoms with van der Waals surface area (Å²) in [5.74, 6) is 0.760. The van der Waals surface area contributed by atoms with E-state index < -0.39 is 15.4 Å². The van der Waals surface area contributed by atoms with Gasteiger partial charge in [-0.1, -0.05) is 30.3 Å². The zero-order chi connectivity index (χ0) is 21.9. The Morgan fingerprint density at radius 1 is 1.23 bits per heavy atom. The van der Waals surface area contributed by atoms with Crippen molar-refractivity contribution in [1.29, 1.82) is 0 Å². The summed E-state index contributed by atoms with van der Waals surface area (Å²) in [7, 11) is -3.15. The van der Waals surface area contributed by atoms with Crippen molar-refractivity contribution in [3.8, 4) is 0 Å². The van der Waals surface area contributed by atoms with E-state index in [2.05, 4.69) is 20.5 Å². The average molecular weight is 569 g/mol. The van der Waals surface area contributed by atoms with Crippen molar-refractivity contribution in [1.82, 2.24) is 15.5 Å². The van der Waals surface area contributed by atoms with Gasteiger partial charge in [-0.25, -0.2) is 8.42 Å². The van der Waals surface area contributed by atoms with Crippen molar-refractivity contribution in [3.05, 3.63) is 35.9 Å². The molecule has 1 saturated heterocycles. The van der Waals surface area contributed by atoms with E-state index in [4.69, 9.17) is 4.74 Å². The molecule has 1 heterocycles. The lowest BCUT2D eigenvalue weighted by molar-refractivity contribution is -0.0179. The van der Waals surface area contributed by atoms with Crippen molar-refractivity contribution >= 4 is 39.8 Å². The van der Waals surface area contributed by atoms with Gasteiger partial charge in [0, 0.05) is 32.7 Å². The molecule has 1 fully saturated rings. The number of β-amino-alcohol motifs (C(OH)–C–C–N with tert-alkyl or cyclic N) is 1. The van der Waals surface area contributed by atoms with Crippen LogP contribution >= 0.6 is 24.0 Å². The van der Waals surface area contributed by atoms with E-state index in [9.17, 15) is 13.5 Å². The largest absolute Gasteiger partial charge is 0.387 e. The Hall–Kier alpha value is -0.950. The molecule has 1 aliphatic rings. The van der Waals surface area contributed by atoms with Gasteiger partial charge in [0.2, 0.25) is 0 Å². The highest BCUT2D eigenvalue weighted by molar-refractivity contribution is 14.0. The second-order valence-corrected chi connectivity index (χ2v) is 10.1. The van der Waals surface area contributed by atoms with Crippen LogP contribution in [-0.2, 0) is 20.3 Å². The van der Waals surface area contributed by atoms with Crippen LogP contribution in [0.25, 0.3) is 0 Å². The van der Waals surface area contributed by atoms with Crippen LogP contribution in [0.1, 0.15) is 25.8 Å². The van der Waals surface area contributed by atoms with Gasteiger partial charge in [0.25, 0.3) is 0 Å². The van der Waals surface area contributed by atoms with Crippen molar-refractivity contribution in [2.75, 3.05) is 58.2 Å². The molecule has 0 radical (unpaired) electrons. The number of halogens is 1. The first-order valence-electron chi connectivity index (χ1n) is 10.6. The zero-order valence-corrected chi connectivity index (χ0v) is 21.7. The molecule has 1 unspecified atom stereocenters. The summed E-state index contributed by atoms with van der Waals surface area (Å²) in [6.45, 7) is 8.73. The molecule has 1 aliphatic heterocycles. The predicted molar refractivity (Wildman–Crippen MR) is 136 cm³/mol. The van der Waals surface area contributed by atoms with Crippen LogP contribution in [0.5, 0.6) is 0 Å². The molecule has 0 aromatic heterocycles. The van der Waals surface area contributed by atoms with Gasteiger partial charge in [-0.3, -0.25) is 9.89 Å². The number of sulfone groups is 1. The van der Waals surface area contributed by atoms with Gasteiger partial charge in [0.15, 0.2) is 15.8 Å². The van der Waals surface area contributed by atoms with Crippen LogP contribution in [-0.4, -0.2) is 88.2 Å². The standard InChI is InChI=1S/C21H36N4O4S.HI/c1-3-22-20(24-17-21(2,26)18-25-11-13-29-14-12-25)23-10-7-15-30(27,28)16-19-8-5-4-6-9-19;/h4-6,8-9,26H,3,7,10-18H2,1-2H3,(H2,22,23,24);1H. The number of rotatable bonds is 11. The van der Waals surface area contributed by atoms with Gasteiger partial charge in [-0.2, -0.15) is 0 Å². The first-order chi connectivity index (χ1) is 14.3. The van der Waals surface area contributed by atoms with Gasteiger partial charge in [0.05, 0.1) is 36.9 Å². The minimum absolute atomic E-state index is 0. The van der Waals surface area contributed by atoms with Crippen LogP contribution < -0.4 is 10.6 Å². The van der Waals surface area contributed by atoms with Crippen LogP contribution in [0.15, 0.2) is 35.3 Å². The van der Waals surface area contributed by atoms with E-state index in [0.717, 1.165) is 18.7 Å². The Kier molecular flexibility index (Phi) is 12.9. The Labute approximate surface area is 203 Å². The maximum Gasteiger partial charge on any atom is 0.191 e. The maximum atomic E-state index is 12.3. The molecular weight excluding hydrogens is 531 g/mol. The fourth-order valence-corrected chi connectivity index (χ4v) is 4.71. The van der Waals surface area contributed by atoms with E-state index in [0.29, 0.717) is 45.2 Å². The quantitative estimate of drug-likeness (QED) is 0.160. The third-order valence-corrected chi connectivity index (χ3v) is 6.43. The molecule has 10 heteroatoms. The molecule has 3 N–H and O–H groups in total. The van der Waals surface area contributed by atoms with Crippen molar-refractivity contribution in [3.63, 3.8) is 0 Å². The fourth-order valence-electron chi connectivity index (χ4n) is 3.28. The number of nitrogens with zero attached hydrogens (tertiary/aromatic N) is 2. The Balaban J connectivity index is 0.00000480. The molecule has 8 nitrogen and oxygen atoms in total. The third kappa shape index (κ3) is 12.0. The number of aliphatic imine (C=N–C) groups is 1. The van der Waals surface area contributed by atoms with Crippen molar-refractivity contribution < 1.29 is 18.3 Å². The zero-order valence-electron chi connectivity index (χ0n) is 18.5. The van der Waals surface area contributed by atoms with E-state index in [1.165, 1.54) is 0 Å². The number of hydrogen-bond donors (Lipinski definition) is 3. The lowest BCUT2D eigenvalue weighted by atomic mass is 10.1. The SMILES string of the molecule is CCNC(=NCC(C)(O)CN1CCOCC1)NCCCS(=O)(=O)Cc1ccccc1.I. The number of aliphatic hydroxyl groups is 1. The molecule has 1 atom stereocenters. The van der Waals surface area contributed by atoms with Gasteiger partial charge in [0.1, 0.15) is 0 Å². The number of guanidine groups is 1. The summed E-state index contributed by atoms with van der Waals surface area (Å²) in [5, 5.41) is 17.0. The molecule has 1 aromatic rings. The smallest absolute Gasteiger partial charge is 0.191 e. The van der Waals surface area contributed by atoms with Crippen LogP contribution in [0.2, 0.25) is 0 Å². The molecule has 0 aliphatic carbocycles. The highest BCUT2D eigenvalue weighted by Gasteiger charge is 2.25. The summed E-state index contributed by atoms with van der Waals surface area (Å²) < 4.78 is 29.9. The number of ether oxygens (including phenoxy) is 1. The summed E-state index contributed by atoms with van der Waals surface area (Å²) in [4.78, 5) is 6.67. The molecule has 178 valence electrons. The minimum Gasteiger partial charge on any atom is -0.387 e. The van der Waals surface area contributed by atoms with Crippen molar-refractivity contribution in [2.45, 2.75) is 31.6 Å². The summed E-state index contributed by atoms with van der Waals surface area (Å²) in [6.07, 6.45) is 0.490. The minimum atomic E-state index is -3.15. The molecule has 31 heavy (non-hydrogen) atoms. The molecule has 1 aromatic carbocycles. The second-order valence-electron chi connectivity index (χ2n) is 7.94. The van der Waals surface area contributed by atoms with E-state index >= 15 is 0 Å². The topological polar surface area (TPSA) is 103 Å². The molecule has 0 amide bonds.